The number of anilines is 1. The van der Waals surface area contributed by atoms with Crippen LogP contribution >= 0.6 is 15.9 Å². The van der Waals surface area contributed by atoms with E-state index in [0.29, 0.717) is 5.92 Å². The molecule has 3 nitrogen and oxygen atoms in total. The number of halogens is 1. The maximum Gasteiger partial charge on any atom is 0.129 e. The molecule has 82 valence electrons. The van der Waals surface area contributed by atoms with Crippen molar-refractivity contribution in [3.8, 4) is 0 Å². The van der Waals surface area contributed by atoms with Gasteiger partial charge in [0, 0.05) is 26.1 Å². The molecule has 0 N–H and O–H groups in total. The summed E-state index contributed by atoms with van der Waals surface area (Å²) in [6, 6.07) is 6.03. The number of hydrogen-bond acceptors (Lipinski definition) is 3. The third-order valence-corrected chi connectivity index (χ3v) is 3.15. The Morgan fingerprint density at radius 1 is 1.60 bits per heavy atom. The van der Waals surface area contributed by atoms with E-state index in [1.165, 1.54) is 6.42 Å². The van der Waals surface area contributed by atoms with Gasteiger partial charge in [0.2, 0.25) is 0 Å². The van der Waals surface area contributed by atoms with Crippen LogP contribution in [0.3, 0.4) is 0 Å². The standard InChI is InChI=1S/C11H15BrN2O/c1-15-8-9-5-6-14(7-9)11-4-2-3-10(12)13-11/h2-4,9H,5-8H2,1H3. The number of nitrogens with zero attached hydrogens (tertiary/aromatic N) is 2. The second-order valence-electron chi connectivity index (χ2n) is 3.87. The number of hydrogen-bond donors (Lipinski definition) is 0. The SMILES string of the molecule is COCC1CCN(c2cccc(Br)n2)C1. The molecule has 1 saturated heterocycles. The van der Waals surface area contributed by atoms with Crippen molar-refractivity contribution in [2.75, 3.05) is 31.7 Å². The molecule has 1 atom stereocenters. The van der Waals surface area contributed by atoms with Gasteiger partial charge < -0.3 is 9.64 Å². The smallest absolute Gasteiger partial charge is 0.129 e. The predicted molar refractivity (Wildman–Crippen MR) is 64.1 cm³/mol. The lowest BCUT2D eigenvalue weighted by molar-refractivity contribution is 0.161. The highest BCUT2D eigenvalue weighted by atomic mass is 79.9. The molecule has 0 spiro atoms. The Morgan fingerprint density at radius 3 is 3.20 bits per heavy atom. The third kappa shape index (κ3) is 2.69. The number of aromatic nitrogens is 1. The maximum absolute atomic E-state index is 5.18. The fourth-order valence-electron chi connectivity index (χ4n) is 1.99. The van der Waals surface area contributed by atoms with Crippen LogP contribution in [0.5, 0.6) is 0 Å². The fourth-order valence-corrected chi connectivity index (χ4v) is 2.32. The van der Waals surface area contributed by atoms with Gasteiger partial charge in [-0.2, -0.15) is 0 Å². The highest BCUT2D eigenvalue weighted by Crippen LogP contribution is 2.23. The lowest BCUT2D eigenvalue weighted by Gasteiger charge is -2.17. The summed E-state index contributed by atoms with van der Waals surface area (Å²) in [5.74, 6) is 1.71. The molecule has 1 aromatic heterocycles. The van der Waals surface area contributed by atoms with Gasteiger partial charge in [-0.1, -0.05) is 6.07 Å². The first kappa shape index (κ1) is 10.9. The first-order valence-electron chi connectivity index (χ1n) is 5.16. The number of pyridine rings is 1. The molecule has 1 fully saturated rings. The highest BCUT2D eigenvalue weighted by Gasteiger charge is 2.23. The number of rotatable bonds is 3. The minimum absolute atomic E-state index is 0.649. The van der Waals surface area contributed by atoms with E-state index >= 15 is 0 Å². The van der Waals surface area contributed by atoms with Crippen molar-refractivity contribution in [1.29, 1.82) is 0 Å². The Balaban J connectivity index is 2.01. The zero-order chi connectivity index (χ0) is 10.7. The zero-order valence-corrected chi connectivity index (χ0v) is 10.4. The Hall–Kier alpha value is -0.610. The quantitative estimate of drug-likeness (QED) is 0.789. The average Bonchev–Trinajstić information content (AvgIpc) is 2.67. The van der Waals surface area contributed by atoms with Crippen LogP contribution in [0.25, 0.3) is 0 Å². The van der Waals surface area contributed by atoms with E-state index in [0.717, 1.165) is 30.1 Å². The van der Waals surface area contributed by atoms with Crippen LogP contribution in [0, 0.1) is 5.92 Å². The first-order valence-corrected chi connectivity index (χ1v) is 5.95. The van der Waals surface area contributed by atoms with Crippen LogP contribution < -0.4 is 4.90 Å². The monoisotopic (exact) mass is 270 g/mol. The summed E-state index contributed by atoms with van der Waals surface area (Å²) in [6.45, 7) is 2.99. The molecule has 1 unspecified atom stereocenters. The molecule has 15 heavy (non-hydrogen) atoms. The van der Waals surface area contributed by atoms with E-state index in [9.17, 15) is 0 Å². The summed E-state index contributed by atoms with van der Waals surface area (Å²) in [5.41, 5.74) is 0. The Morgan fingerprint density at radius 2 is 2.47 bits per heavy atom. The average molecular weight is 271 g/mol. The van der Waals surface area contributed by atoms with Crippen molar-refractivity contribution in [3.63, 3.8) is 0 Å². The molecule has 1 aliphatic heterocycles. The molecule has 0 aliphatic carbocycles. The van der Waals surface area contributed by atoms with Gasteiger partial charge in [-0.05, 0) is 34.5 Å². The topological polar surface area (TPSA) is 25.4 Å². The molecule has 1 aliphatic rings. The van der Waals surface area contributed by atoms with Gasteiger partial charge in [0.05, 0.1) is 6.61 Å². The molecule has 2 rings (SSSR count). The molecule has 0 amide bonds. The van der Waals surface area contributed by atoms with E-state index < -0.39 is 0 Å². The molecule has 4 heteroatoms. The van der Waals surface area contributed by atoms with Crippen molar-refractivity contribution in [3.05, 3.63) is 22.8 Å². The normalized spacial score (nSPS) is 20.9. The Labute approximate surface area is 98.6 Å². The van der Waals surface area contributed by atoms with Crippen molar-refractivity contribution < 1.29 is 4.74 Å². The van der Waals surface area contributed by atoms with E-state index in [-0.39, 0.29) is 0 Å². The molecular weight excluding hydrogens is 256 g/mol. The van der Waals surface area contributed by atoms with Gasteiger partial charge in [0.1, 0.15) is 10.4 Å². The second kappa shape index (κ2) is 4.94. The number of methoxy groups -OCH3 is 1. The van der Waals surface area contributed by atoms with Gasteiger partial charge in [-0.3, -0.25) is 0 Å². The lowest BCUT2D eigenvalue weighted by atomic mass is 10.1. The van der Waals surface area contributed by atoms with Crippen molar-refractivity contribution in [1.82, 2.24) is 4.98 Å². The fraction of sp³-hybridized carbons (Fsp3) is 0.545. The van der Waals surface area contributed by atoms with Gasteiger partial charge in [0.25, 0.3) is 0 Å². The maximum atomic E-state index is 5.18. The zero-order valence-electron chi connectivity index (χ0n) is 8.82. The summed E-state index contributed by atoms with van der Waals surface area (Å²) >= 11 is 3.39. The third-order valence-electron chi connectivity index (χ3n) is 2.71. The van der Waals surface area contributed by atoms with Crippen LogP contribution in [0.15, 0.2) is 22.8 Å². The molecule has 0 bridgehead atoms. The minimum atomic E-state index is 0.649. The van der Waals surface area contributed by atoms with E-state index in [4.69, 9.17) is 4.74 Å². The molecule has 0 aromatic carbocycles. The second-order valence-corrected chi connectivity index (χ2v) is 4.69. The van der Waals surface area contributed by atoms with Crippen molar-refractivity contribution in [2.24, 2.45) is 5.92 Å². The molecular formula is C11H15BrN2O. The summed E-state index contributed by atoms with van der Waals surface area (Å²) in [5, 5.41) is 0. The molecule has 0 saturated carbocycles. The van der Waals surface area contributed by atoms with E-state index in [1.807, 2.05) is 12.1 Å². The summed E-state index contributed by atoms with van der Waals surface area (Å²) in [4.78, 5) is 6.77. The van der Waals surface area contributed by atoms with Gasteiger partial charge in [-0.15, -0.1) is 0 Å². The lowest BCUT2D eigenvalue weighted by Crippen LogP contribution is -2.21. The summed E-state index contributed by atoms with van der Waals surface area (Å²) < 4.78 is 6.08. The first-order chi connectivity index (χ1) is 7.29. The van der Waals surface area contributed by atoms with Crippen LogP contribution in [0.4, 0.5) is 5.82 Å². The van der Waals surface area contributed by atoms with Crippen LogP contribution in [-0.2, 0) is 4.74 Å². The van der Waals surface area contributed by atoms with E-state index in [1.54, 1.807) is 7.11 Å². The van der Waals surface area contributed by atoms with Gasteiger partial charge in [0.15, 0.2) is 0 Å². The molecule has 2 heterocycles. The number of ether oxygens (including phenoxy) is 1. The van der Waals surface area contributed by atoms with Crippen LogP contribution in [-0.4, -0.2) is 31.8 Å². The summed E-state index contributed by atoms with van der Waals surface area (Å²) in [7, 11) is 1.76. The largest absolute Gasteiger partial charge is 0.384 e. The summed E-state index contributed by atoms with van der Waals surface area (Å²) in [6.07, 6.45) is 1.20. The van der Waals surface area contributed by atoms with Gasteiger partial charge >= 0.3 is 0 Å². The molecule has 0 radical (unpaired) electrons. The van der Waals surface area contributed by atoms with E-state index in [2.05, 4.69) is 31.9 Å². The Bertz CT molecular complexity index is 332. The predicted octanol–water partition coefficient (Wildman–Crippen LogP) is 2.32. The van der Waals surface area contributed by atoms with Crippen LogP contribution in [0.2, 0.25) is 0 Å². The van der Waals surface area contributed by atoms with Crippen molar-refractivity contribution >= 4 is 21.7 Å². The van der Waals surface area contributed by atoms with Crippen LogP contribution in [0.1, 0.15) is 6.42 Å². The van der Waals surface area contributed by atoms with Gasteiger partial charge in [-0.25, -0.2) is 4.98 Å². The minimum Gasteiger partial charge on any atom is -0.384 e. The Kier molecular flexibility index (Phi) is 3.59. The highest BCUT2D eigenvalue weighted by molar-refractivity contribution is 9.10. The molecule has 1 aromatic rings. The van der Waals surface area contributed by atoms with Crippen molar-refractivity contribution in [2.45, 2.75) is 6.42 Å².